The number of carboxylic acid groups (broad SMARTS) is 1. The van der Waals surface area contributed by atoms with Crippen molar-refractivity contribution in [3.63, 3.8) is 0 Å². The Morgan fingerprint density at radius 2 is 2.06 bits per heavy atom. The number of aliphatic carboxylic acids is 1. The lowest BCUT2D eigenvalue weighted by Gasteiger charge is -2.27. The molecule has 0 amide bonds. The van der Waals surface area contributed by atoms with Crippen molar-refractivity contribution in [1.29, 1.82) is 0 Å². The van der Waals surface area contributed by atoms with E-state index in [9.17, 15) is 4.79 Å². The lowest BCUT2D eigenvalue weighted by molar-refractivity contribution is -0.138. The molecule has 0 aliphatic carbocycles. The van der Waals surface area contributed by atoms with Crippen LogP contribution in [0.5, 0.6) is 0 Å². The summed E-state index contributed by atoms with van der Waals surface area (Å²) in [6.07, 6.45) is 0.596. The van der Waals surface area contributed by atoms with E-state index in [2.05, 4.69) is 0 Å². The summed E-state index contributed by atoms with van der Waals surface area (Å²) < 4.78 is 0. The maximum absolute atomic E-state index is 11.1. The zero-order chi connectivity index (χ0) is 12.3. The number of likely N-dealkylation sites (N-methyl/N-ethyl adjacent to an activating group) is 1. The molecule has 88 valence electrons. The monoisotopic (exact) mass is 221 g/mol. The molecule has 1 atom stereocenters. The first kappa shape index (κ1) is 12.6. The molecule has 3 heteroatoms. The fraction of sp³-hybridized carbons (Fsp3) is 0.462. The molecule has 0 heterocycles. The number of benzene rings is 1. The Bertz CT molecular complexity index is 388. The molecule has 1 aromatic carbocycles. The Morgan fingerprint density at radius 1 is 1.44 bits per heavy atom. The number of rotatable bonds is 4. The van der Waals surface area contributed by atoms with Crippen LogP contribution in [0.1, 0.15) is 24.5 Å². The predicted octanol–water partition coefficient (Wildman–Crippen LogP) is 2.60. The van der Waals surface area contributed by atoms with Crippen LogP contribution in [-0.4, -0.2) is 24.2 Å². The number of carbonyl (C=O) groups is 1. The summed E-state index contributed by atoms with van der Waals surface area (Å²) in [5, 5.41) is 9.12. The van der Waals surface area contributed by atoms with Crippen molar-refractivity contribution >= 4 is 11.7 Å². The molecule has 0 aliphatic heterocycles. The summed E-state index contributed by atoms with van der Waals surface area (Å²) in [7, 11) is 1.84. The van der Waals surface area contributed by atoms with E-state index in [1.165, 1.54) is 5.56 Å². The molecule has 0 aromatic heterocycles. The molecule has 0 bridgehead atoms. The van der Waals surface area contributed by atoms with Gasteiger partial charge >= 0.3 is 5.97 Å². The third kappa shape index (κ3) is 2.35. The smallest absolute Gasteiger partial charge is 0.326 e. The van der Waals surface area contributed by atoms with Gasteiger partial charge in [-0.3, -0.25) is 0 Å². The van der Waals surface area contributed by atoms with Crippen LogP contribution in [0.15, 0.2) is 18.2 Å². The van der Waals surface area contributed by atoms with E-state index in [-0.39, 0.29) is 0 Å². The predicted molar refractivity (Wildman–Crippen MR) is 66.0 cm³/mol. The molecule has 0 spiro atoms. The van der Waals surface area contributed by atoms with Gasteiger partial charge in [-0.25, -0.2) is 4.79 Å². The van der Waals surface area contributed by atoms with Crippen molar-refractivity contribution in [3.8, 4) is 0 Å². The molecule has 1 rings (SSSR count). The van der Waals surface area contributed by atoms with Crippen LogP contribution in [0.4, 0.5) is 5.69 Å². The van der Waals surface area contributed by atoms with Crippen LogP contribution in [0, 0.1) is 13.8 Å². The first-order valence-corrected chi connectivity index (χ1v) is 5.50. The number of hydrogen-bond acceptors (Lipinski definition) is 2. The van der Waals surface area contributed by atoms with Gasteiger partial charge in [-0.1, -0.05) is 19.1 Å². The van der Waals surface area contributed by atoms with Crippen LogP contribution >= 0.6 is 0 Å². The minimum Gasteiger partial charge on any atom is -0.480 e. The fourth-order valence-corrected chi connectivity index (χ4v) is 1.90. The number of nitrogens with zero attached hydrogens (tertiary/aromatic N) is 1. The highest BCUT2D eigenvalue weighted by Gasteiger charge is 2.21. The van der Waals surface area contributed by atoms with E-state index in [4.69, 9.17) is 5.11 Å². The minimum atomic E-state index is -0.772. The molecule has 1 N–H and O–H groups in total. The van der Waals surface area contributed by atoms with Crippen LogP contribution < -0.4 is 4.90 Å². The van der Waals surface area contributed by atoms with Crippen molar-refractivity contribution in [2.24, 2.45) is 0 Å². The first-order valence-electron chi connectivity index (χ1n) is 5.50. The molecule has 0 saturated carbocycles. The van der Waals surface area contributed by atoms with Gasteiger partial charge in [-0.15, -0.1) is 0 Å². The number of hydrogen-bond donors (Lipinski definition) is 1. The molecule has 1 unspecified atom stereocenters. The summed E-state index contributed by atoms with van der Waals surface area (Å²) >= 11 is 0. The highest BCUT2D eigenvalue weighted by molar-refractivity contribution is 5.78. The molecule has 3 nitrogen and oxygen atoms in total. The summed E-state index contributed by atoms with van der Waals surface area (Å²) in [6.45, 7) is 5.95. The highest BCUT2D eigenvalue weighted by Crippen LogP contribution is 2.24. The van der Waals surface area contributed by atoms with E-state index in [1.807, 2.05) is 50.9 Å². The Morgan fingerprint density at radius 3 is 2.56 bits per heavy atom. The Kier molecular flexibility index (Phi) is 3.93. The molecular formula is C13H19NO2. The molecule has 16 heavy (non-hydrogen) atoms. The average molecular weight is 221 g/mol. The second-order valence-corrected chi connectivity index (χ2v) is 4.09. The third-order valence-electron chi connectivity index (χ3n) is 3.10. The maximum Gasteiger partial charge on any atom is 0.326 e. The number of carboxylic acids is 1. The summed E-state index contributed by atoms with van der Waals surface area (Å²) in [5.74, 6) is -0.772. The normalized spacial score (nSPS) is 12.2. The summed E-state index contributed by atoms with van der Waals surface area (Å²) in [4.78, 5) is 12.9. The van der Waals surface area contributed by atoms with Gasteiger partial charge in [0, 0.05) is 12.7 Å². The van der Waals surface area contributed by atoms with Crippen molar-refractivity contribution in [1.82, 2.24) is 0 Å². The van der Waals surface area contributed by atoms with Gasteiger partial charge in [0.05, 0.1) is 0 Å². The van der Waals surface area contributed by atoms with Crippen LogP contribution in [-0.2, 0) is 4.79 Å². The summed E-state index contributed by atoms with van der Waals surface area (Å²) in [6, 6.07) is 5.51. The zero-order valence-electron chi connectivity index (χ0n) is 10.3. The minimum absolute atomic E-state index is 0.458. The number of anilines is 1. The third-order valence-corrected chi connectivity index (χ3v) is 3.10. The van der Waals surface area contributed by atoms with Crippen LogP contribution in [0.3, 0.4) is 0 Å². The molecule has 0 aliphatic rings. The lowest BCUT2D eigenvalue weighted by Crippen LogP contribution is -2.38. The molecule has 0 saturated heterocycles. The average Bonchev–Trinajstić information content (AvgIpc) is 2.22. The lowest BCUT2D eigenvalue weighted by atomic mass is 10.1. The Hall–Kier alpha value is -1.51. The standard InChI is InChI=1S/C13H19NO2/c1-5-11(13(15)16)14(4)12-8-6-7-9(2)10(12)3/h6-8,11H,5H2,1-4H3,(H,15,16). The second-order valence-electron chi connectivity index (χ2n) is 4.09. The molecular weight excluding hydrogens is 202 g/mol. The molecule has 1 aromatic rings. The highest BCUT2D eigenvalue weighted by atomic mass is 16.4. The van der Waals surface area contributed by atoms with Gasteiger partial charge in [0.25, 0.3) is 0 Å². The van der Waals surface area contributed by atoms with E-state index in [1.54, 1.807) is 0 Å². The Balaban J connectivity index is 3.08. The quantitative estimate of drug-likeness (QED) is 0.849. The topological polar surface area (TPSA) is 40.5 Å². The van der Waals surface area contributed by atoms with Crippen LogP contribution in [0.2, 0.25) is 0 Å². The fourth-order valence-electron chi connectivity index (χ4n) is 1.90. The number of aryl methyl sites for hydroxylation is 1. The molecule has 0 radical (unpaired) electrons. The van der Waals surface area contributed by atoms with E-state index in [0.717, 1.165) is 11.3 Å². The van der Waals surface area contributed by atoms with E-state index in [0.29, 0.717) is 6.42 Å². The van der Waals surface area contributed by atoms with Crippen LogP contribution in [0.25, 0.3) is 0 Å². The van der Waals surface area contributed by atoms with Gasteiger partial charge in [0.2, 0.25) is 0 Å². The molecule has 0 fully saturated rings. The van der Waals surface area contributed by atoms with Gasteiger partial charge in [-0.2, -0.15) is 0 Å². The van der Waals surface area contributed by atoms with Crippen molar-refractivity contribution < 1.29 is 9.90 Å². The second kappa shape index (κ2) is 5.01. The van der Waals surface area contributed by atoms with Crippen molar-refractivity contribution in [2.45, 2.75) is 33.2 Å². The maximum atomic E-state index is 11.1. The van der Waals surface area contributed by atoms with Gasteiger partial charge in [-0.05, 0) is 37.5 Å². The van der Waals surface area contributed by atoms with Gasteiger partial charge < -0.3 is 10.0 Å². The Labute approximate surface area is 96.7 Å². The van der Waals surface area contributed by atoms with E-state index >= 15 is 0 Å². The SMILES string of the molecule is CCC(C(=O)O)N(C)c1cccc(C)c1C. The van der Waals surface area contributed by atoms with E-state index < -0.39 is 12.0 Å². The first-order chi connectivity index (χ1) is 7.49. The largest absolute Gasteiger partial charge is 0.480 e. The van der Waals surface area contributed by atoms with Crippen molar-refractivity contribution in [3.05, 3.63) is 29.3 Å². The zero-order valence-corrected chi connectivity index (χ0v) is 10.3. The van der Waals surface area contributed by atoms with Gasteiger partial charge in [0.1, 0.15) is 6.04 Å². The van der Waals surface area contributed by atoms with Gasteiger partial charge in [0.15, 0.2) is 0 Å². The summed E-state index contributed by atoms with van der Waals surface area (Å²) in [5.41, 5.74) is 3.32. The van der Waals surface area contributed by atoms with Crippen molar-refractivity contribution in [2.75, 3.05) is 11.9 Å².